The number of carbonyl (C=O) groups excluding carboxylic acids is 2. The van der Waals surface area contributed by atoms with Gasteiger partial charge in [-0.15, -0.1) is 11.6 Å². The molecule has 0 N–H and O–H groups in total. The summed E-state index contributed by atoms with van der Waals surface area (Å²) in [6.07, 6.45) is 0.957. The maximum atomic E-state index is 11.5. The number of halogens is 1. The van der Waals surface area contributed by atoms with Crippen LogP contribution in [-0.4, -0.2) is 53.2 Å². The van der Waals surface area contributed by atoms with Gasteiger partial charge in [-0.3, -0.25) is 9.59 Å². The van der Waals surface area contributed by atoms with E-state index in [1.54, 1.807) is 11.8 Å². The van der Waals surface area contributed by atoms with Crippen LogP contribution < -0.4 is 0 Å². The molecule has 0 aliphatic carbocycles. The SMILES string of the molecule is CC(=O)N(C[C@@H]1CCN(C(=O)CCl)C1)C(C)C. The van der Waals surface area contributed by atoms with Gasteiger partial charge in [0.05, 0.1) is 0 Å². The lowest BCUT2D eigenvalue weighted by atomic mass is 10.1. The Morgan fingerprint density at radius 1 is 1.47 bits per heavy atom. The van der Waals surface area contributed by atoms with Crippen LogP contribution in [-0.2, 0) is 9.59 Å². The van der Waals surface area contributed by atoms with Gasteiger partial charge in [0, 0.05) is 32.6 Å². The minimum atomic E-state index is -0.00640. The summed E-state index contributed by atoms with van der Waals surface area (Å²) in [6.45, 7) is 7.84. The molecule has 0 saturated carbocycles. The highest BCUT2D eigenvalue weighted by atomic mass is 35.5. The van der Waals surface area contributed by atoms with Crippen LogP contribution >= 0.6 is 11.6 Å². The van der Waals surface area contributed by atoms with E-state index in [0.29, 0.717) is 5.92 Å². The molecule has 0 aromatic heterocycles. The van der Waals surface area contributed by atoms with Gasteiger partial charge in [0.2, 0.25) is 11.8 Å². The lowest BCUT2D eigenvalue weighted by Crippen LogP contribution is -2.40. The topological polar surface area (TPSA) is 40.6 Å². The van der Waals surface area contributed by atoms with Gasteiger partial charge < -0.3 is 9.80 Å². The molecule has 4 nitrogen and oxygen atoms in total. The van der Waals surface area contributed by atoms with Crippen molar-refractivity contribution in [3.8, 4) is 0 Å². The highest BCUT2D eigenvalue weighted by molar-refractivity contribution is 6.27. The predicted molar refractivity (Wildman–Crippen MR) is 67.9 cm³/mol. The van der Waals surface area contributed by atoms with Crippen molar-refractivity contribution in [3.05, 3.63) is 0 Å². The van der Waals surface area contributed by atoms with Crippen LogP contribution in [0.25, 0.3) is 0 Å². The summed E-state index contributed by atoms with van der Waals surface area (Å²) in [4.78, 5) is 26.5. The Morgan fingerprint density at radius 3 is 2.59 bits per heavy atom. The van der Waals surface area contributed by atoms with E-state index in [-0.39, 0.29) is 23.7 Å². The van der Waals surface area contributed by atoms with E-state index in [2.05, 4.69) is 0 Å². The molecular weight excluding hydrogens is 240 g/mol. The third-order valence-corrected chi connectivity index (χ3v) is 3.46. The molecular formula is C12H21ClN2O2. The summed E-state index contributed by atoms with van der Waals surface area (Å²) in [5.41, 5.74) is 0. The fourth-order valence-corrected chi connectivity index (χ4v) is 2.44. The number of hydrogen-bond acceptors (Lipinski definition) is 2. The smallest absolute Gasteiger partial charge is 0.237 e. The summed E-state index contributed by atoms with van der Waals surface area (Å²) in [6, 6.07) is 0.213. The first-order chi connectivity index (χ1) is 7.95. The van der Waals surface area contributed by atoms with Crippen molar-refractivity contribution < 1.29 is 9.59 Å². The van der Waals surface area contributed by atoms with E-state index in [0.717, 1.165) is 26.1 Å². The zero-order valence-corrected chi connectivity index (χ0v) is 11.5. The molecule has 2 amide bonds. The van der Waals surface area contributed by atoms with Crippen LogP contribution in [0.3, 0.4) is 0 Å². The van der Waals surface area contributed by atoms with Gasteiger partial charge in [-0.2, -0.15) is 0 Å². The molecule has 1 aliphatic heterocycles. The molecule has 0 bridgehead atoms. The van der Waals surface area contributed by atoms with Crippen LogP contribution in [0, 0.1) is 5.92 Å². The largest absolute Gasteiger partial charge is 0.341 e. The molecule has 1 heterocycles. The van der Waals surface area contributed by atoms with Crippen molar-refractivity contribution >= 4 is 23.4 Å². The van der Waals surface area contributed by atoms with Crippen LogP contribution in [0.4, 0.5) is 0 Å². The second-order valence-corrected chi connectivity index (χ2v) is 5.16. The first kappa shape index (κ1) is 14.3. The molecule has 5 heteroatoms. The second kappa shape index (κ2) is 6.24. The first-order valence-electron chi connectivity index (χ1n) is 6.06. The van der Waals surface area contributed by atoms with Crippen LogP contribution in [0.5, 0.6) is 0 Å². The van der Waals surface area contributed by atoms with Gasteiger partial charge in [0.25, 0.3) is 0 Å². The molecule has 1 aliphatic rings. The Kier molecular flexibility index (Phi) is 5.25. The van der Waals surface area contributed by atoms with Crippen molar-refractivity contribution in [2.24, 2.45) is 5.92 Å². The third-order valence-electron chi connectivity index (χ3n) is 3.24. The zero-order chi connectivity index (χ0) is 13.0. The quantitative estimate of drug-likeness (QED) is 0.716. The highest BCUT2D eigenvalue weighted by Crippen LogP contribution is 2.19. The maximum absolute atomic E-state index is 11.5. The van der Waals surface area contributed by atoms with Gasteiger partial charge in [-0.1, -0.05) is 0 Å². The van der Waals surface area contributed by atoms with Crippen LogP contribution in [0.1, 0.15) is 27.2 Å². The highest BCUT2D eigenvalue weighted by Gasteiger charge is 2.28. The molecule has 0 radical (unpaired) electrons. The Hall–Kier alpha value is -0.770. The molecule has 0 unspecified atom stereocenters. The number of rotatable bonds is 4. The summed E-state index contributed by atoms with van der Waals surface area (Å²) >= 11 is 5.53. The molecule has 1 fully saturated rings. The lowest BCUT2D eigenvalue weighted by molar-refractivity contribution is -0.131. The normalized spacial score (nSPS) is 19.8. The van der Waals surface area contributed by atoms with Gasteiger partial charge >= 0.3 is 0 Å². The lowest BCUT2D eigenvalue weighted by Gasteiger charge is -2.28. The Balaban J connectivity index is 2.49. The van der Waals surface area contributed by atoms with E-state index in [1.165, 1.54) is 0 Å². The van der Waals surface area contributed by atoms with E-state index in [4.69, 9.17) is 11.6 Å². The summed E-state index contributed by atoms with van der Waals surface area (Å²) < 4.78 is 0. The maximum Gasteiger partial charge on any atom is 0.237 e. The minimum absolute atomic E-state index is 0.00640. The summed E-state index contributed by atoms with van der Waals surface area (Å²) in [5, 5.41) is 0. The second-order valence-electron chi connectivity index (χ2n) is 4.89. The minimum Gasteiger partial charge on any atom is -0.341 e. The Bertz CT molecular complexity index is 294. The standard InChI is InChI=1S/C12H21ClN2O2/c1-9(2)15(10(3)16)8-11-4-5-14(7-11)12(17)6-13/h9,11H,4-8H2,1-3H3/t11-/m1/s1. The molecule has 1 atom stereocenters. The van der Waals surface area contributed by atoms with Crippen molar-refractivity contribution in [3.63, 3.8) is 0 Å². The molecule has 1 rings (SSSR count). The molecule has 0 aromatic rings. The number of nitrogens with zero attached hydrogens (tertiary/aromatic N) is 2. The van der Waals surface area contributed by atoms with Crippen molar-refractivity contribution in [1.29, 1.82) is 0 Å². The van der Waals surface area contributed by atoms with E-state index in [1.807, 2.05) is 18.7 Å². The number of amides is 2. The molecule has 0 spiro atoms. The average molecular weight is 261 g/mol. The monoisotopic (exact) mass is 260 g/mol. The van der Waals surface area contributed by atoms with E-state index >= 15 is 0 Å². The van der Waals surface area contributed by atoms with Crippen LogP contribution in [0.15, 0.2) is 0 Å². The summed E-state index contributed by atoms with van der Waals surface area (Å²) in [5.74, 6) is 0.525. The van der Waals surface area contributed by atoms with Gasteiger partial charge in [0.15, 0.2) is 0 Å². The van der Waals surface area contributed by atoms with E-state index < -0.39 is 0 Å². The van der Waals surface area contributed by atoms with Gasteiger partial charge in [0.1, 0.15) is 5.88 Å². The fourth-order valence-electron chi connectivity index (χ4n) is 2.27. The molecule has 98 valence electrons. The fraction of sp³-hybridized carbons (Fsp3) is 0.833. The molecule has 0 aromatic carbocycles. The average Bonchev–Trinajstić information content (AvgIpc) is 2.72. The predicted octanol–water partition coefficient (Wildman–Crippen LogP) is 1.33. The number of carbonyl (C=O) groups is 2. The van der Waals surface area contributed by atoms with Crippen LogP contribution in [0.2, 0.25) is 0 Å². The molecule has 1 saturated heterocycles. The zero-order valence-electron chi connectivity index (χ0n) is 10.8. The van der Waals surface area contributed by atoms with Crippen molar-refractivity contribution in [1.82, 2.24) is 9.80 Å². The number of alkyl halides is 1. The van der Waals surface area contributed by atoms with E-state index in [9.17, 15) is 9.59 Å². The van der Waals surface area contributed by atoms with Crippen molar-refractivity contribution in [2.45, 2.75) is 33.2 Å². The number of likely N-dealkylation sites (tertiary alicyclic amines) is 1. The summed E-state index contributed by atoms with van der Waals surface area (Å²) in [7, 11) is 0. The first-order valence-corrected chi connectivity index (χ1v) is 6.60. The Morgan fingerprint density at radius 2 is 2.12 bits per heavy atom. The van der Waals surface area contributed by atoms with Crippen molar-refractivity contribution in [2.75, 3.05) is 25.5 Å². The third kappa shape index (κ3) is 3.87. The number of hydrogen-bond donors (Lipinski definition) is 0. The van der Waals surface area contributed by atoms with Gasteiger partial charge in [-0.25, -0.2) is 0 Å². The Labute approximate surface area is 108 Å². The molecule has 17 heavy (non-hydrogen) atoms. The van der Waals surface area contributed by atoms with Gasteiger partial charge in [-0.05, 0) is 26.2 Å².